The van der Waals surface area contributed by atoms with Crippen molar-refractivity contribution in [3.05, 3.63) is 59.1 Å². The van der Waals surface area contributed by atoms with Crippen molar-refractivity contribution < 1.29 is 4.79 Å². The molecule has 0 aliphatic carbocycles. The molecule has 0 unspecified atom stereocenters. The van der Waals surface area contributed by atoms with E-state index in [1.165, 1.54) is 5.69 Å². The SMILES string of the molecule is O=Cc1cccc(Cl)c1N1CCN(c2ccccc2)CC1. The molecular formula is C17H17ClN2O. The number of carbonyl (C=O) groups is 1. The molecule has 1 aliphatic heterocycles. The lowest BCUT2D eigenvalue weighted by Crippen LogP contribution is -2.46. The third-order valence-electron chi connectivity index (χ3n) is 3.86. The van der Waals surface area contributed by atoms with Gasteiger partial charge >= 0.3 is 0 Å². The topological polar surface area (TPSA) is 23.6 Å². The van der Waals surface area contributed by atoms with Crippen LogP contribution in [0.1, 0.15) is 10.4 Å². The molecule has 0 N–H and O–H groups in total. The molecule has 4 heteroatoms. The Morgan fingerprint density at radius 3 is 2.19 bits per heavy atom. The quantitative estimate of drug-likeness (QED) is 0.811. The molecule has 1 aliphatic rings. The zero-order valence-electron chi connectivity index (χ0n) is 11.7. The Bertz CT molecular complexity index is 622. The minimum absolute atomic E-state index is 0.646. The molecule has 3 rings (SSSR count). The maximum absolute atomic E-state index is 11.2. The van der Waals surface area contributed by atoms with Crippen molar-refractivity contribution in [1.82, 2.24) is 0 Å². The molecule has 0 saturated carbocycles. The largest absolute Gasteiger partial charge is 0.368 e. The molecule has 1 heterocycles. The number of anilines is 2. The van der Waals surface area contributed by atoms with E-state index in [-0.39, 0.29) is 0 Å². The van der Waals surface area contributed by atoms with Gasteiger partial charge in [0.15, 0.2) is 6.29 Å². The highest BCUT2D eigenvalue weighted by Crippen LogP contribution is 2.30. The van der Waals surface area contributed by atoms with Gasteiger partial charge in [-0.2, -0.15) is 0 Å². The average molecular weight is 301 g/mol. The molecule has 1 fully saturated rings. The zero-order chi connectivity index (χ0) is 14.7. The number of nitrogens with zero attached hydrogens (tertiary/aromatic N) is 2. The van der Waals surface area contributed by atoms with Gasteiger partial charge in [0.1, 0.15) is 0 Å². The van der Waals surface area contributed by atoms with Crippen molar-refractivity contribution >= 4 is 29.3 Å². The Balaban J connectivity index is 1.76. The van der Waals surface area contributed by atoms with Gasteiger partial charge in [-0.25, -0.2) is 0 Å². The summed E-state index contributed by atoms with van der Waals surface area (Å²) >= 11 is 6.28. The molecule has 2 aromatic carbocycles. The van der Waals surface area contributed by atoms with Crippen molar-refractivity contribution in [2.24, 2.45) is 0 Å². The normalized spacial score (nSPS) is 15.1. The van der Waals surface area contributed by atoms with Gasteiger partial charge in [0.2, 0.25) is 0 Å². The fraction of sp³-hybridized carbons (Fsp3) is 0.235. The van der Waals surface area contributed by atoms with E-state index < -0.39 is 0 Å². The lowest BCUT2D eigenvalue weighted by atomic mass is 10.1. The number of para-hydroxylation sites is 2. The van der Waals surface area contributed by atoms with Gasteiger partial charge in [-0.1, -0.05) is 35.9 Å². The van der Waals surface area contributed by atoms with Gasteiger partial charge < -0.3 is 9.80 Å². The van der Waals surface area contributed by atoms with Crippen molar-refractivity contribution in [2.45, 2.75) is 0 Å². The van der Waals surface area contributed by atoms with E-state index in [0.29, 0.717) is 10.6 Å². The summed E-state index contributed by atoms with van der Waals surface area (Å²) in [6, 6.07) is 15.9. The van der Waals surface area contributed by atoms with Crippen LogP contribution in [0.25, 0.3) is 0 Å². The molecule has 0 bridgehead atoms. The molecule has 2 aromatic rings. The highest BCUT2D eigenvalue weighted by Gasteiger charge is 2.21. The van der Waals surface area contributed by atoms with Gasteiger partial charge in [0.25, 0.3) is 0 Å². The molecular weight excluding hydrogens is 284 g/mol. The monoisotopic (exact) mass is 300 g/mol. The Morgan fingerprint density at radius 1 is 0.857 bits per heavy atom. The summed E-state index contributed by atoms with van der Waals surface area (Å²) in [6.45, 7) is 3.57. The molecule has 0 spiro atoms. The van der Waals surface area contributed by atoms with Gasteiger partial charge in [-0.15, -0.1) is 0 Å². The molecule has 0 atom stereocenters. The van der Waals surface area contributed by atoms with E-state index in [9.17, 15) is 4.79 Å². The number of hydrogen-bond donors (Lipinski definition) is 0. The lowest BCUT2D eigenvalue weighted by Gasteiger charge is -2.38. The van der Waals surface area contributed by atoms with Crippen LogP contribution in [0.2, 0.25) is 5.02 Å². The Labute approximate surface area is 129 Å². The third kappa shape index (κ3) is 2.88. The minimum atomic E-state index is 0.646. The van der Waals surface area contributed by atoms with Gasteiger partial charge in [0.05, 0.1) is 10.7 Å². The predicted molar refractivity (Wildman–Crippen MR) is 87.7 cm³/mol. The number of piperazine rings is 1. The predicted octanol–water partition coefficient (Wildman–Crippen LogP) is 3.48. The first kappa shape index (κ1) is 14.0. The summed E-state index contributed by atoms with van der Waals surface area (Å²) in [6.07, 6.45) is 0.880. The fourth-order valence-corrected chi connectivity index (χ4v) is 3.09. The van der Waals surface area contributed by atoms with Crippen molar-refractivity contribution in [3.8, 4) is 0 Å². The van der Waals surface area contributed by atoms with Crippen LogP contribution in [0.4, 0.5) is 11.4 Å². The number of benzene rings is 2. The zero-order valence-corrected chi connectivity index (χ0v) is 12.5. The summed E-state index contributed by atoms with van der Waals surface area (Å²) in [5, 5.41) is 0.646. The molecule has 0 radical (unpaired) electrons. The number of hydrogen-bond acceptors (Lipinski definition) is 3. The summed E-state index contributed by atoms with van der Waals surface area (Å²) in [7, 11) is 0. The summed E-state index contributed by atoms with van der Waals surface area (Å²) < 4.78 is 0. The lowest BCUT2D eigenvalue weighted by molar-refractivity contribution is 0.112. The molecule has 0 amide bonds. The van der Waals surface area contributed by atoms with Crippen LogP contribution in [0.3, 0.4) is 0 Å². The summed E-state index contributed by atoms with van der Waals surface area (Å²) in [5.74, 6) is 0. The number of halogens is 1. The van der Waals surface area contributed by atoms with Crippen LogP contribution >= 0.6 is 11.6 Å². The minimum Gasteiger partial charge on any atom is -0.368 e. The van der Waals surface area contributed by atoms with E-state index in [2.05, 4.69) is 34.1 Å². The molecule has 108 valence electrons. The summed E-state index contributed by atoms with van der Waals surface area (Å²) in [5.41, 5.74) is 2.77. The van der Waals surface area contributed by atoms with Crippen LogP contribution in [-0.4, -0.2) is 32.5 Å². The molecule has 1 saturated heterocycles. The third-order valence-corrected chi connectivity index (χ3v) is 4.17. The second kappa shape index (κ2) is 6.19. The van der Waals surface area contributed by atoms with Crippen molar-refractivity contribution in [3.63, 3.8) is 0 Å². The van der Waals surface area contributed by atoms with Crippen LogP contribution < -0.4 is 9.80 Å². The van der Waals surface area contributed by atoms with E-state index in [4.69, 9.17) is 11.6 Å². The van der Waals surface area contributed by atoms with E-state index in [1.54, 1.807) is 0 Å². The van der Waals surface area contributed by atoms with Crippen molar-refractivity contribution in [2.75, 3.05) is 36.0 Å². The highest BCUT2D eigenvalue weighted by molar-refractivity contribution is 6.33. The van der Waals surface area contributed by atoms with Gasteiger partial charge in [-0.05, 0) is 24.3 Å². The second-order valence-electron chi connectivity index (χ2n) is 5.11. The maximum Gasteiger partial charge on any atom is 0.152 e. The van der Waals surface area contributed by atoms with E-state index >= 15 is 0 Å². The molecule has 3 nitrogen and oxygen atoms in total. The second-order valence-corrected chi connectivity index (χ2v) is 5.51. The van der Waals surface area contributed by atoms with Crippen LogP contribution in [0.5, 0.6) is 0 Å². The van der Waals surface area contributed by atoms with Crippen molar-refractivity contribution in [1.29, 1.82) is 0 Å². The number of carbonyl (C=O) groups excluding carboxylic acids is 1. The van der Waals surface area contributed by atoms with Crippen LogP contribution in [-0.2, 0) is 0 Å². The Morgan fingerprint density at radius 2 is 1.52 bits per heavy atom. The van der Waals surface area contributed by atoms with Crippen LogP contribution in [0.15, 0.2) is 48.5 Å². The Hall–Kier alpha value is -2.00. The fourth-order valence-electron chi connectivity index (χ4n) is 2.79. The first-order valence-electron chi connectivity index (χ1n) is 7.08. The maximum atomic E-state index is 11.2. The standard InChI is InChI=1S/C17H17ClN2O/c18-16-8-4-5-14(13-21)17(16)20-11-9-19(10-12-20)15-6-2-1-3-7-15/h1-8,13H,9-12H2. The van der Waals surface area contributed by atoms with E-state index in [1.807, 2.05) is 24.3 Å². The first-order chi connectivity index (χ1) is 10.3. The number of aldehydes is 1. The Kier molecular flexibility index (Phi) is 4.11. The van der Waals surface area contributed by atoms with Gasteiger partial charge in [-0.3, -0.25) is 4.79 Å². The number of rotatable bonds is 3. The molecule has 0 aromatic heterocycles. The van der Waals surface area contributed by atoms with Crippen LogP contribution in [0, 0.1) is 0 Å². The average Bonchev–Trinajstić information content (AvgIpc) is 2.55. The highest BCUT2D eigenvalue weighted by atomic mass is 35.5. The van der Waals surface area contributed by atoms with Gasteiger partial charge in [0, 0.05) is 37.4 Å². The smallest absolute Gasteiger partial charge is 0.152 e. The van der Waals surface area contributed by atoms with E-state index in [0.717, 1.165) is 38.2 Å². The molecule has 21 heavy (non-hydrogen) atoms. The first-order valence-corrected chi connectivity index (χ1v) is 7.46. The summed E-state index contributed by atoms with van der Waals surface area (Å²) in [4.78, 5) is 15.8.